The first kappa shape index (κ1) is 33.9. The normalized spacial score (nSPS) is 37.5. The monoisotopic (exact) mass is 568 g/mol. The zero-order valence-corrected chi connectivity index (χ0v) is 23.2. The van der Waals surface area contributed by atoms with E-state index in [2.05, 4.69) is 5.32 Å². The summed E-state index contributed by atoms with van der Waals surface area (Å²) in [4.78, 5) is 12.9. The molecule has 13 heteroatoms. The van der Waals surface area contributed by atoms with Crippen LogP contribution in [0.25, 0.3) is 0 Å². The number of ether oxygens (including phenoxy) is 3. The smallest absolute Gasteiger partial charge is 0.255 e. The molecule has 8 N–H and O–H groups in total. The number of aliphatic hydroxyl groups is 5. The van der Waals surface area contributed by atoms with E-state index in [0.717, 1.165) is 0 Å². The zero-order valence-electron chi connectivity index (χ0n) is 23.2. The van der Waals surface area contributed by atoms with Gasteiger partial charge in [0.05, 0.1) is 55.1 Å². The summed E-state index contributed by atoms with van der Waals surface area (Å²) in [6.07, 6.45) is -9.41. The maximum absolute atomic E-state index is 12.9. The number of carbonyl (C=O) groups is 1. The molecular formula is C26H46F2N2O9. The van der Waals surface area contributed by atoms with Crippen LogP contribution >= 0.6 is 0 Å². The van der Waals surface area contributed by atoms with Crippen LogP contribution in [-0.2, 0) is 19.0 Å². The van der Waals surface area contributed by atoms with Gasteiger partial charge in [0.1, 0.15) is 6.10 Å². The third kappa shape index (κ3) is 9.65. The third-order valence-corrected chi connectivity index (χ3v) is 7.13. The van der Waals surface area contributed by atoms with Crippen LogP contribution < -0.4 is 11.1 Å². The van der Waals surface area contributed by atoms with Gasteiger partial charge in [-0.1, -0.05) is 39.8 Å². The summed E-state index contributed by atoms with van der Waals surface area (Å²) in [5.74, 6) is -4.42. The van der Waals surface area contributed by atoms with Gasteiger partial charge in [-0.05, 0) is 18.8 Å². The average Bonchev–Trinajstić information content (AvgIpc) is 2.82. The minimum atomic E-state index is -2.82. The van der Waals surface area contributed by atoms with Gasteiger partial charge in [0.2, 0.25) is 5.91 Å². The van der Waals surface area contributed by atoms with Crippen LogP contribution in [0.3, 0.4) is 0 Å². The highest BCUT2D eigenvalue weighted by Gasteiger charge is 2.50. The Balaban J connectivity index is 2.36. The minimum absolute atomic E-state index is 0.0671. The molecule has 0 radical (unpaired) electrons. The van der Waals surface area contributed by atoms with Crippen molar-refractivity contribution in [2.75, 3.05) is 6.54 Å². The predicted octanol–water partition coefficient (Wildman–Crippen LogP) is 0.0107. The molecule has 0 aliphatic carbocycles. The molecule has 0 aromatic carbocycles. The minimum Gasteiger partial charge on any atom is -0.393 e. The van der Waals surface area contributed by atoms with Gasteiger partial charge >= 0.3 is 0 Å². The van der Waals surface area contributed by atoms with Crippen molar-refractivity contribution in [3.63, 3.8) is 0 Å². The van der Waals surface area contributed by atoms with Gasteiger partial charge in [0.15, 0.2) is 12.1 Å². The van der Waals surface area contributed by atoms with Gasteiger partial charge in [0, 0.05) is 19.3 Å². The van der Waals surface area contributed by atoms with Crippen molar-refractivity contribution in [2.24, 2.45) is 23.5 Å². The van der Waals surface area contributed by atoms with E-state index >= 15 is 0 Å². The van der Waals surface area contributed by atoms with Gasteiger partial charge in [-0.25, -0.2) is 8.78 Å². The van der Waals surface area contributed by atoms with Gasteiger partial charge in [-0.15, -0.1) is 0 Å². The standard InChI is InChI=1S/C26H46F2N2O9/c1-12(2)6-7-15(38-25-23(34)21(29)22(33)14(5)37-25)8-18-20(24(35)30-11-19(27)28)17(32)10-26(36,39-18)9-16(31)13(3)4/h6-7,12-23,25,31-34,36H,8-11,29H2,1-5H3,(H,30,35)/b7-6+/t14?,15-,16+,17-,18-,20+,21?,22?,23?,25?,26+/m0/s1. The molecule has 0 saturated carbocycles. The fourth-order valence-corrected chi connectivity index (χ4v) is 4.74. The molecule has 11 nitrogen and oxygen atoms in total. The lowest BCUT2D eigenvalue weighted by molar-refractivity contribution is -0.307. The Kier molecular flexibility index (Phi) is 12.7. The van der Waals surface area contributed by atoms with Gasteiger partial charge < -0.3 is 50.8 Å². The molecule has 39 heavy (non-hydrogen) atoms. The summed E-state index contributed by atoms with van der Waals surface area (Å²) in [5.41, 5.74) is 5.92. The number of hydrogen-bond donors (Lipinski definition) is 7. The lowest BCUT2D eigenvalue weighted by atomic mass is 9.81. The largest absolute Gasteiger partial charge is 0.393 e. The summed E-state index contributed by atoms with van der Waals surface area (Å²) in [5, 5.41) is 55.3. The van der Waals surface area contributed by atoms with Gasteiger partial charge in [0.25, 0.3) is 6.43 Å². The topological polar surface area (TPSA) is 184 Å². The molecule has 2 aliphatic heterocycles. The number of nitrogens with one attached hydrogen (secondary N) is 1. The molecule has 2 fully saturated rings. The maximum Gasteiger partial charge on any atom is 0.255 e. The Bertz CT molecular complexity index is 805. The van der Waals surface area contributed by atoms with Crippen molar-refractivity contribution in [1.82, 2.24) is 5.32 Å². The summed E-state index contributed by atoms with van der Waals surface area (Å²) in [6, 6.07) is -1.06. The molecule has 2 saturated heterocycles. The van der Waals surface area contributed by atoms with Gasteiger partial charge in [-0.3, -0.25) is 4.79 Å². The van der Waals surface area contributed by atoms with E-state index in [-0.39, 0.29) is 24.7 Å². The van der Waals surface area contributed by atoms with E-state index in [4.69, 9.17) is 19.9 Å². The first-order valence-electron chi connectivity index (χ1n) is 13.5. The molecular weight excluding hydrogens is 522 g/mol. The number of carbonyl (C=O) groups excluding carboxylic acids is 1. The first-order chi connectivity index (χ1) is 18.0. The van der Waals surface area contributed by atoms with Crippen molar-refractivity contribution >= 4 is 5.91 Å². The van der Waals surface area contributed by atoms with E-state index in [1.54, 1.807) is 32.9 Å². The van der Waals surface area contributed by atoms with E-state index in [1.807, 2.05) is 13.8 Å². The average molecular weight is 569 g/mol. The van der Waals surface area contributed by atoms with E-state index in [1.165, 1.54) is 0 Å². The second kappa shape index (κ2) is 14.6. The van der Waals surface area contributed by atoms with Crippen molar-refractivity contribution in [1.29, 1.82) is 0 Å². The van der Waals surface area contributed by atoms with Crippen LogP contribution in [0.15, 0.2) is 12.2 Å². The number of allylic oxidation sites excluding steroid dienone is 1. The quantitative estimate of drug-likeness (QED) is 0.158. The highest BCUT2D eigenvalue weighted by molar-refractivity contribution is 5.80. The summed E-state index contributed by atoms with van der Waals surface area (Å²) < 4.78 is 43.1. The van der Waals surface area contributed by atoms with Crippen LogP contribution in [0.5, 0.6) is 0 Å². The number of amides is 1. The molecule has 0 spiro atoms. The van der Waals surface area contributed by atoms with E-state index in [9.17, 15) is 39.1 Å². The fraction of sp³-hybridized carbons (Fsp3) is 0.885. The molecule has 0 aromatic rings. The number of halogens is 2. The van der Waals surface area contributed by atoms with Crippen LogP contribution in [0, 0.1) is 17.8 Å². The van der Waals surface area contributed by atoms with Crippen LogP contribution in [-0.4, -0.2) is 105 Å². The molecule has 1 amide bonds. The number of aliphatic hydroxyl groups excluding tert-OH is 4. The Hall–Kier alpha value is -1.29. The Labute approximate surface area is 228 Å². The maximum atomic E-state index is 12.9. The molecule has 228 valence electrons. The zero-order chi connectivity index (χ0) is 29.7. The second-order valence-electron chi connectivity index (χ2n) is 11.4. The highest BCUT2D eigenvalue weighted by Crippen LogP contribution is 2.38. The molecule has 5 unspecified atom stereocenters. The van der Waals surface area contributed by atoms with Crippen LogP contribution in [0.4, 0.5) is 8.78 Å². The molecule has 2 rings (SSSR count). The van der Waals surface area contributed by atoms with E-state index < -0.39 is 92.1 Å². The number of rotatable bonds is 12. The van der Waals surface area contributed by atoms with Crippen LogP contribution in [0.1, 0.15) is 53.9 Å². The lowest BCUT2D eigenvalue weighted by Crippen LogP contribution is -2.62. The first-order valence-corrected chi connectivity index (χ1v) is 13.5. The number of hydrogen-bond acceptors (Lipinski definition) is 10. The van der Waals surface area contributed by atoms with Crippen molar-refractivity contribution < 1.29 is 53.3 Å². The molecule has 11 atom stereocenters. The molecule has 0 aromatic heterocycles. The van der Waals surface area contributed by atoms with Crippen molar-refractivity contribution in [3.05, 3.63) is 12.2 Å². The molecule has 0 bridgehead atoms. The third-order valence-electron chi connectivity index (χ3n) is 7.13. The predicted molar refractivity (Wildman–Crippen MR) is 136 cm³/mol. The van der Waals surface area contributed by atoms with Crippen LogP contribution in [0.2, 0.25) is 0 Å². The summed E-state index contributed by atoms with van der Waals surface area (Å²) >= 11 is 0. The molecule has 2 heterocycles. The molecule has 2 aliphatic rings. The number of alkyl halides is 2. The number of nitrogens with two attached hydrogens (primary N) is 1. The fourth-order valence-electron chi connectivity index (χ4n) is 4.74. The summed E-state index contributed by atoms with van der Waals surface area (Å²) in [6.45, 7) is 7.92. The Morgan fingerprint density at radius 3 is 2.38 bits per heavy atom. The Morgan fingerprint density at radius 2 is 1.82 bits per heavy atom. The van der Waals surface area contributed by atoms with E-state index in [0.29, 0.717) is 0 Å². The van der Waals surface area contributed by atoms with Crippen molar-refractivity contribution in [2.45, 2.75) is 121 Å². The lowest BCUT2D eigenvalue weighted by Gasteiger charge is -2.46. The van der Waals surface area contributed by atoms with Gasteiger partial charge in [-0.2, -0.15) is 0 Å². The highest BCUT2D eigenvalue weighted by atomic mass is 19.3. The second-order valence-corrected chi connectivity index (χ2v) is 11.4. The summed E-state index contributed by atoms with van der Waals surface area (Å²) in [7, 11) is 0. The van der Waals surface area contributed by atoms with Crippen molar-refractivity contribution in [3.8, 4) is 0 Å². The SMILES string of the molecule is CC(C)/C=C/[C@@H](C[C@@H]1O[C@](O)(C[C@@H](O)C(C)C)C[C@H](O)[C@H]1C(=O)NCC(F)F)OC1OC(C)C(O)C(N)C1O. The Morgan fingerprint density at radius 1 is 1.18 bits per heavy atom.